The van der Waals surface area contributed by atoms with Gasteiger partial charge in [-0.05, 0) is 42.2 Å². The van der Waals surface area contributed by atoms with E-state index in [-0.39, 0.29) is 0 Å². The first-order valence-corrected chi connectivity index (χ1v) is 8.53. The third-order valence-corrected chi connectivity index (χ3v) is 4.23. The van der Waals surface area contributed by atoms with E-state index in [4.69, 9.17) is 4.74 Å². The van der Waals surface area contributed by atoms with Crippen LogP contribution in [-0.4, -0.2) is 31.0 Å². The molecule has 4 heteroatoms. The molecule has 0 bridgehead atoms. The maximum atomic E-state index is 9.83. The maximum absolute atomic E-state index is 9.83. The van der Waals surface area contributed by atoms with E-state index in [2.05, 4.69) is 37.5 Å². The van der Waals surface area contributed by atoms with Crippen molar-refractivity contribution in [2.45, 2.75) is 52.7 Å². The summed E-state index contributed by atoms with van der Waals surface area (Å²) in [6.07, 6.45) is 2.92. The van der Waals surface area contributed by atoms with E-state index in [1.807, 2.05) is 0 Å². The smallest absolute Gasteiger partial charge is 0.0897 e. The molecule has 0 fully saturated rings. The second kappa shape index (κ2) is 10.3. The summed E-state index contributed by atoms with van der Waals surface area (Å²) < 4.78 is 5.49. The van der Waals surface area contributed by atoms with Crippen molar-refractivity contribution in [3.8, 4) is 0 Å². The molecule has 0 aliphatic heterocycles. The molecule has 1 atom stereocenters. The van der Waals surface area contributed by atoms with E-state index < -0.39 is 6.10 Å². The molecular formula is C16H29NO2S. The van der Waals surface area contributed by atoms with Gasteiger partial charge in [0.1, 0.15) is 0 Å². The Hall–Kier alpha value is -0.420. The van der Waals surface area contributed by atoms with Crippen molar-refractivity contribution in [2.24, 2.45) is 5.92 Å². The van der Waals surface area contributed by atoms with Gasteiger partial charge in [0, 0.05) is 24.6 Å². The summed E-state index contributed by atoms with van der Waals surface area (Å²) in [7, 11) is 0. The summed E-state index contributed by atoms with van der Waals surface area (Å²) >= 11 is 1.78. The molecule has 0 saturated carbocycles. The van der Waals surface area contributed by atoms with Gasteiger partial charge in [-0.3, -0.25) is 0 Å². The Kier molecular flexibility index (Phi) is 9.10. The average Bonchev–Trinajstić information content (AvgIpc) is 2.85. The van der Waals surface area contributed by atoms with Crippen molar-refractivity contribution in [3.63, 3.8) is 0 Å². The lowest BCUT2D eigenvalue weighted by atomic mass is 10.1. The van der Waals surface area contributed by atoms with Crippen molar-refractivity contribution >= 4 is 11.3 Å². The number of aliphatic hydroxyl groups excluding tert-OH is 1. The summed E-state index contributed by atoms with van der Waals surface area (Å²) in [5.74, 6) is 0.726. The first-order valence-electron chi connectivity index (χ1n) is 7.65. The van der Waals surface area contributed by atoms with E-state index in [1.165, 1.54) is 16.9 Å². The highest BCUT2D eigenvalue weighted by atomic mass is 32.1. The fourth-order valence-corrected chi connectivity index (χ4v) is 3.01. The van der Waals surface area contributed by atoms with E-state index in [1.54, 1.807) is 11.3 Å². The van der Waals surface area contributed by atoms with Crippen LogP contribution in [0.15, 0.2) is 11.4 Å². The Morgan fingerprint density at radius 2 is 2.20 bits per heavy atom. The number of aryl methyl sites for hydroxylation is 1. The van der Waals surface area contributed by atoms with E-state index in [0.717, 1.165) is 31.9 Å². The SMILES string of the molecule is CCc1ccsc1CNCC(O)COCCCC(C)C. The normalized spacial score (nSPS) is 13.1. The van der Waals surface area contributed by atoms with Crippen LogP contribution in [0.4, 0.5) is 0 Å². The number of hydrogen-bond acceptors (Lipinski definition) is 4. The van der Waals surface area contributed by atoms with Gasteiger partial charge in [-0.2, -0.15) is 0 Å². The molecule has 0 aliphatic carbocycles. The number of ether oxygens (including phenoxy) is 1. The van der Waals surface area contributed by atoms with Gasteiger partial charge in [-0.15, -0.1) is 11.3 Å². The summed E-state index contributed by atoms with van der Waals surface area (Å²) in [6, 6.07) is 2.18. The molecule has 0 amide bonds. The third kappa shape index (κ3) is 7.39. The molecular weight excluding hydrogens is 270 g/mol. The van der Waals surface area contributed by atoms with Crippen LogP contribution in [0.25, 0.3) is 0 Å². The second-order valence-corrected chi connectivity index (χ2v) is 6.62. The molecule has 1 unspecified atom stereocenters. The summed E-state index contributed by atoms with van der Waals surface area (Å²) in [5, 5.41) is 15.3. The predicted octanol–water partition coefficient (Wildman–Crippen LogP) is 3.21. The molecule has 1 rings (SSSR count). The van der Waals surface area contributed by atoms with Gasteiger partial charge >= 0.3 is 0 Å². The zero-order valence-electron chi connectivity index (χ0n) is 13.0. The van der Waals surface area contributed by atoms with Crippen LogP contribution >= 0.6 is 11.3 Å². The number of nitrogens with one attached hydrogen (secondary N) is 1. The van der Waals surface area contributed by atoms with Crippen LogP contribution in [0.5, 0.6) is 0 Å². The molecule has 1 aromatic heterocycles. The minimum atomic E-state index is -0.418. The van der Waals surface area contributed by atoms with Crippen LogP contribution in [0.3, 0.4) is 0 Å². The van der Waals surface area contributed by atoms with Crippen molar-refractivity contribution in [1.29, 1.82) is 0 Å². The maximum Gasteiger partial charge on any atom is 0.0897 e. The minimum absolute atomic E-state index is 0.418. The highest BCUT2D eigenvalue weighted by molar-refractivity contribution is 7.10. The molecule has 0 aliphatic rings. The van der Waals surface area contributed by atoms with Gasteiger partial charge in [0.2, 0.25) is 0 Å². The van der Waals surface area contributed by atoms with Crippen LogP contribution < -0.4 is 5.32 Å². The van der Waals surface area contributed by atoms with E-state index in [9.17, 15) is 5.11 Å². The number of thiophene rings is 1. The first-order chi connectivity index (χ1) is 9.63. The van der Waals surface area contributed by atoms with Crippen LogP contribution in [0.1, 0.15) is 44.1 Å². The molecule has 2 N–H and O–H groups in total. The number of rotatable bonds is 11. The lowest BCUT2D eigenvalue weighted by Gasteiger charge is -2.13. The standard InChI is InChI=1S/C16H29NO2S/c1-4-14-7-9-20-16(14)11-17-10-15(18)12-19-8-5-6-13(2)3/h7,9,13,15,17-18H,4-6,8,10-12H2,1-3H3. The molecule has 3 nitrogen and oxygen atoms in total. The fourth-order valence-electron chi connectivity index (χ4n) is 2.06. The van der Waals surface area contributed by atoms with Crippen molar-refractivity contribution < 1.29 is 9.84 Å². The Labute approximate surface area is 127 Å². The van der Waals surface area contributed by atoms with Crippen molar-refractivity contribution in [1.82, 2.24) is 5.32 Å². The lowest BCUT2D eigenvalue weighted by molar-refractivity contribution is 0.0347. The average molecular weight is 299 g/mol. The van der Waals surface area contributed by atoms with Gasteiger partial charge in [0.15, 0.2) is 0 Å². The van der Waals surface area contributed by atoms with Crippen LogP contribution in [0.2, 0.25) is 0 Å². The summed E-state index contributed by atoms with van der Waals surface area (Å²) in [6.45, 7) is 9.21. The molecule has 116 valence electrons. The van der Waals surface area contributed by atoms with Gasteiger partial charge in [-0.25, -0.2) is 0 Å². The van der Waals surface area contributed by atoms with Crippen LogP contribution in [-0.2, 0) is 17.7 Å². The van der Waals surface area contributed by atoms with E-state index >= 15 is 0 Å². The second-order valence-electron chi connectivity index (χ2n) is 5.62. The Morgan fingerprint density at radius 3 is 2.90 bits per heavy atom. The minimum Gasteiger partial charge on any atom is -0.389 e. The van der Waals surface area contributed by atoms with E-state index in [0.29, 0.717) is 13.2 Å². The summed E-state index contributed by atoms with van der Waals surface area (Å²) in [4.78, 5) is 1.37. The van der Waals surface area contributed by atoms with Gasteiger partial charge < -0.3 is 15.2 Å². The fraction of sp³-hybridized carbons (Fsp3) is 0.750. The highest BCUT2D eigenvalue weighted by Crippen LogP contribution is 2.16. The Morgan fingerprint density at radius 1 is 1.40 bits per heavy atom. The Balaban J connectivity index is 2.04. The monoisotopic (exact) mass is 299 g/mol. The first kappa shape index (κ1) is 17.6. The van der Waals surface area contributed by atoms with Gasteiger partial charge in [0.05, 0.1) is 12.7 Å². The van der Waals surface area contributed by atoms with Gasteiger partial charge in [-0.1, -0.05) is 20.8 Å². The number of hydrogen-bond donors (Lipinski definition) is 2. The van der Waals surface area contributed by atoms with Crippen molar-refractivity contribution in [3.05, 3.63) is 21.9 Å². The molecule has 1 aromatic rings. The molecule has 0 radical (unpaired) electrons. The molecule has 0 saturated heterocycles. The predicted molar refractivity (Wildman–Crippen MR) is 86.3 cm³/mol. The molecule has 0 aromatic carbocycles. The third-order valence-electron chi connectivity index (χ3n) is 3.26. The zero-order valence-corrected chi connectivity index (χ0v) is 13.8. The molecule has 1 heterocycles. The highest BCUT2D eigenvalue weighted by Gasteiger charge is 2.06. The largest absolute Gasteiger partial charge is 0.389 e. The van der Waals surface area contributed by atoms with Gasteiger partial charge in [0.25, 0.3) is 0 Å². The van der Waals surface area contributed by atoms with Crippen molar-refractivity contribution in [2.75, 3.05) is 19.8 Å². The summed E-state index contributed by atoms with van der Waals surface area (Å²) in [5.41, 5.74) is 1.40. The Bertz CT molecular complexity index is 352. The van der Waals surface area contributed by atoms with Crippen LogP contribution in [0, 0.1) is 5.92 Å². The topological polar surface area (TPSA) is 41.5 Å². The molecule has 20 heavy (non-hydrogen) atoms. The zero-order chi connectivity index (χ0) is 14.8. The number of aliphatic hydroxyl groups is 1. The lowest BCUT2D eigenvalue weighted by Crippen LogP contribution is -2.30. The quantitative estimate of drug-likeness (QED) is 0.617. The molecule has 0 spiro atoms.